The summed E-state index contributed by atoms with van der Waals surface area (Å²) in [7, 11) is 0. The number of aromatic nitrogens is 3. The smallest absolute Gasteiger partial charge is 0.160 e. The van der Waals surface area contributed by atoms with Gasteiger partial charge in [-0.2, -0.15) is 0 Å². The third kappa shape index (κ3) is 2.14. The molecule has 2 rings (SSSR count). The lowest BCUT2D eigenvalue weighted by Gasteiger charge is -2.07. The summed E-state index contributed by atoms with van der Waals surface area (Å²) >= 11 is 0. The molecule has 0 bridgehead atoms. The number of rotatable bonds is 3. The van der Waals surface area contributed by atoms with E-state index in [-0.39, 0.29) is 0 Å². The number of fused-ring (bicyclic) bond motifs is 1. The van der Waals surface area contributed by atoms with Gasteiger partial charge in [-0.3, -0.25) is 4.40 Å². The van der Waals surface area contributed by atoms with Gasteiger partial charge in [-0.1, -0.05) is 41.5 Å². The van der Waals surface area contributed by atoms with Crippen LogP contribution in [0.3, 0.4) is 0 Å². The molecule has 3 heteroatoms. The molecular formula is C15H23N3. The van der Waals surface area contributed by atoms with Crippen LogP contribution in [0.1, 0.15) is 76.5 Å². The minimum atomic E-state index is 0.405. The van der Waals surface area contributed by atoms with Crippen molar-refractivity contribution in [2.45, 2.75) is 59.3 Å². The Morgan fingerprint density at radius 3 is 2.06 bits per heavy atom. The number of imidazole rings is 1. The van der Waals surface area contributed by atoms with E-state index in [9.17, 15) is 0 Å². The van der Waals surface area contributed by atoms with E-state index in [2.05, 4.69) is 58.2 Å². The Balaban J connectivity index is 2.71. The Kier molecular flexibility index (Phi) is 3.42. The number of nitrogens with zero attached hydrogens (tertiary/aromatic N) is 3. The summed E-state index contributed by atoms with van der Waals surface area (Å²) < 4.78 is 2.14. The van der Waals surface area contributed by atoms with Crippen molar-refractivity contribution in [3.8, 4) is 0 Å². The summed E-state index contributed by atoms with van der Waals surface area (Å²) in [6, 6.07) is 2.11. The van der Waals surface area contributed by atoms with Gasteiger partial charge in [0.25, 0.3) is 0 Å². The van der Waals surface area contributed by atoms with Gasteiger partial charge in [-0.25, -0.2) is 9.97 Å². The third-order valence-electron chi connectivity index (χ3n) is 3.22. The van der Waals surface area contributed by atoms with Crippen LogP contribution in [0.4, 0.5) is 0 Å². The predicted octanol–water partition coefficient (Wildman–Crippen LogP) is 4.10. The molecule has 2 heterocycles. The van der Waals surface area contributed by atoms with Crippen molar-refractivity contribution in [1.82, 2.24) is 14.4 Å². The summed E-state index contributed by atoms with van der Waals surface area (Å²) in [5, 5.41) is 0. The van der Waals surface area contributed by atoms with E-state index in [0.717, 1.165) is 22.9 Å². The number of hydrogen-bond acceptors (Lipinski definition) is 2. The van der Waals surface area contributed by atoms with Crippen LogP contribution in [-0.4, -0.2) is 14.4 Å². The topological polar surface area (TPSA) is 30.2 Å². The Morgan fingerprint density at radius 2 is 1.56 bits per heavy atom. The van der Waals surface area contributed by atoms with Gasteiger partial charge in [0.15, 0.2) is 5.65 Å². The lowest BCUT2D eigenvalue weighted by molar-refractivity contribution is 0.751. The van der Waals surface area contributed by atoms with Gasteiger partial charge in [0.2, 0.25) is 0 Å². The summed E-state index contributed by atoms with van der Waals surface area (Å²) in [6.07, 6.45) is 2.12. The Morgan fingerprint density at radius 1 is 0.889 bits per heavy atom. The molecule has 0 radical (unpaired) electrons. The molecule has 0 N–H and O–H groups in total. The van der Waals surface area contributed by atoms with Crippen molar-refractivity contribution in [3.63, 3.8) is 0 Å². The van der Waals surface area contributed by atoms with Gasteiger partial charge in [0.1, 0.15) is 5.82 Å². The second-order valence-corrected chi connectivity index (χ2v) is 5.87. The maximum Gasteiger partial charge on any atom is 0.160 e. The molecule has 2 aromatic heterocycles. The first-order valence-corrected chi connectivity index (χ1v) is 6.80. The van der Waals surface area contributed by atoms with E-state index in [1.165, 1.54) is 0 Å². The van der Waals surface area contributed by atoms with E-state index in [1.54, 1.807) is 0 Å². The molecule has 3 nitrogen and oxygen atoms in total. The minimum absolute atomic E-state index is 0.405. The van der Waals surface area contributed by atoms with E-state index < -0.39 is 0 Å². The lowest BCUT2D eigenvalue weighted by atomic mass is 10.1. The average molecular weight is 245 g/mol. The first-order chi connectivity index (χ1) is 8.41. The van der Waals surface area contributed by atoms with Crippen LogP contribution in [0.5, 0.6) is 0 Å². The highest BCUT2D eigenvalue weighted by molar-refractivity contribution is 5.48. The zero-order valence-electron chi connectivity index (χ0n) is 12.2. The third-order valence-corrected chi connectivity index (χ3v) is 3.22. The van der Waals surface area contributed by atoms with Crippen molar-refractivity contribution in [2.75, 3.05) is 0 Å². The number of hydrogen-bond donors (Lipinski definition) is 0. The second-order valence-electron chi connectivity index (χ2n) is 5.87. The van der Waals surface area contributed by atoms with E-state index in [1.807, 2.05) is 0 Å². The van der Waals surface area contributed by atoms with Crippen molar-refractivity contribution >= 4 is 5.65 Å². The van der Waals surface area contributed by atoms with Crippen LogP contribution < -0.4 is 0 Å². The molecule has 0 unspecified atom stereocenters. The Labute approximate surface area is 109 Å². The van der Waals surface area contributed by atoms with Gasteiger partial charge in [-0.15, -0.1) is 0 Å². The minimum Gasteiger partial charge on any atom is -0.288 e. The highest BCUT2D eigenvalue weighted by atomic mass is 15.1. The van der Waals surface area contributed by atoms with Crippen LogP contribution in [0.15, 0.2) is 12.3 Å². The molecule has 2 aromatic rings. The first kappa shape index (κ1) is 13.1. The quantitative estimate of drug-likeness (QED) is 0.815. The van der Waals surface area contributed by atoms with Crippen molar-refractivity contribution in [3.05, 3.63) is 29.5 Å². The van der Waals surface area contributed by atoms with Crippen LogP contribution in [0.25, 0.3) is 5.65 Å². The van der Waals surface area contributed by atoms with Crippen molar-refractivity contribution in [1.29, 1.82) is 0 Å². The molecule has 0 saturated carbocycles. The van der Waals surface area contributed by atoms with Gasteiger partial charge in [0, 0.05) is 17.8 Å². The van der Waals surface area contributed by atoms with E-state index in [4.69, 9.17) is 9.97 Å². The van der Waals surface area contributed by atoms with Crippen LogP contribution >= 0.6 is 0 Å². The highest BCUT2D eigenvalue weighted by Gasteiger charge is 2.17. The molecule has 0 saturated heterocycles. The Bertz CT molecular complexity index is 550. The van der Waals surface area contributed by atoms with Gasteiger partial charge >= 0.3 is 0 Å². The zero-order chi connectivity index (χ0) is 13.4. The zero-order valence-corrected chi connectivity index (χ0v) is 12.2. The summed E-state index contributed by atoms with van der Waals surface area (Å²) in [5.41, 5.74) is 3.28. The fourth-order valence-electron chi connectivity index (χ4n) is 2.14. The Hall–Kier alpha value is -1.38. The molecular weight excluding hydrogens is 222 g/mol. The molecule has 0 atom stereocenters. The maximum atomic E-state index is 4.80. The van der Waals surface area contributed by atoms with Gasteiger partial charge in [-0.05, 0) is 17.9 Å². The predicted molar refractivity (Wildman–Crippen MR) is 75.3 cm³/mol. The molecule has 0 amide bonds. The molecule has 0 aliphatic heterocycles. The van der Waals surface area contributed by atoms with Crippen molar-refractivity contribution in [2.24, 2.45) is 0 Å². The largest absolute Gasteiger partial charge is 0.288 e. The average Bonchev–Trinajstić information content (AvgIpc) is 2.67. The van der Waals surface area contributed by atoms with E-state index in [0.29, 0.717) is 17.8 Å². The summed E-state index contributed by atoms with van der Waals surface area (Å²) in [6.45, 7) is 13.1. The fourth-order valence-corrected chi connectivity index (χ4v) is 2.14. The monoisotopic (exact) mass is 245 g/mol. The summed E-state index contributed by atoms with van der Waals surface area (Å²) in [4.78, 5) is 9.59. The molecule has 18 heavy (non-hydrogen) atoms. The maximum absolute atomic E-state index is 4.80. The summed E-state index contributed by atoms with van der Waals surface area (Å²) in [5.74, 6) is 2.38. The molecule has 0 spiro atoms. The highest BCUT2D eigenvalue weighted by Crippen LogP contribution is 2.25. The molecule has 0 aromatic carbocycles. The second kappa shape index (κ2) is 4.71. The SMILES string of the molecule is CC(C)c1ccn2c(C(C)C)nc(C(C)C)c2n1. The molecule has 0 aliphatic carbocycles. The molecule has 0 fully saturated rings. The normalized spacial score (nSPS) is 12.3. The van der Waals surface area contributed by atoms with Gasteiger partial charge < -0.3 is 0 Å². The van der Waals surface area contributed by atoms with Crippen LogP contribution in [0, 0.1) is 0 Å². The molecule has 0 aliphatic rings. The molecule has 98 valence electrons. The van der Waals surface area contributed by atoms with Gasteiger partial charge in [0.05, 0.1) is 5.69 Å². The van der Waals surface area contributed by atoms with E-state index >= 15 is 0 Å². The van der Waals surface area contributed by atoms with Crippen molar-refractivity contribution < 1.29 is 0 Å². The fraction of sp³-hybridized carbons (Fsp3) is 0.600. The lowest BCUT2D eigenvalue weighted by Crippen LogP contribution is -2.00. The van der Waals surface area contributed by atoms with Crippen LogP contribution in [-0.2, 0) is 0 Å². The van der Waals surface area contributed by atoms with Crippen LogP contribution in [0.2, 0.25) is 0 Å². The first-order valence-electron chi connectivity index (χ1n) is 6.80. The standard InChI is InChI=1S/C15H23N3/c1-9(2)12-7-8-18-14(11(5)6)17-13(10(3)4)15(18)16-12/h7-11H,1-6H3.